The van der Waals surface area contributed by atoms with E-state index in [2.05, 4.69) is 31.7 Å². The summed E-state index contributed by atoms with van der Waals surface area (Å²) in [5.41, 5.74) is 3.87. The molecule has 0 spiro atoms. The van der Waals surface area contributed by atoms with Crippen molar-refractivity contribution in [3.05, 3.63) is 35.7 Å². The Morgan fingerprint density at radius 1 is 1.27 bits per heavy atom. The fourth-order valence-corrected chi connectivity index (χ4v) is 3.76. The number of phenolic OH excluding ortho intramolecular Hbond substituents is 1. The first kappa shape index (κ1) is 16.5. The molecule has 132 valence electrons. The van der Waals surface area contributed by atoms with Gasteiger partial charge in [0, 0.05) is 18.2 Å². The molecule has 3 heterocycles. The van der Waals surface area contributed by atoms with Crippen LogP contribution in [0.2, 0.25) is 0 Å². The third kappa shape index (κ3) is 2.78. The van der Waals surface area contributed by atoms with Gasteiger partial charge < -0.3 is 14.6 Å². The highest BCUT2D eigenvalue weighted by atomic mass is 16.3. The zero-order chi connectivity index (χ0) is 18.3. The van der Waals surface area contributed by atoms with Gasteiger partial charge in [-0.2, -0.15) is 5.26 Å². The maximum absolute atomic E-state index is 10.3. The Hall–Kier alpha value is -2.98. The molecule has 0 saturated carbocycles. The number of benzene rings is 1. The van der Waals surface area contributed by atoms with Crippen LogP contribution in [0.15, 0.2) is 24.5 Å². The Morgan fingerprint density at radius 3 is 2.85 bits per heavy atom. The minimum absolute atomic E-state index is 0.0311. The number of imidazole rings is 1. The number of likely N-dealkylation sites (tertiary alicyclic amines) is 1. The Kier molecular flexibility index (Phi) is 4.05. The molecule has 1 fully saturated rings. The van der Waals surface area contributed by atoms with E-state index >= 15 is 0 Å². The van der Waals surface area contributed by atoms with Gasteiger partial charge in [0.15, 0.2) is 5.65 Å². The van der Waals surface area contributed by atoms with Crippen LogP contribution in [0.25, 0.3) is 22.4 Å². The van der Waals surface area contributed by atoms with Crippen LogP contribution in [0.3, 0.4) is 0 Å². The maximum atomic E-state index is 10.3. The lowest BCUT2D eigenvalue weighted by Gasteiger charge is -2.30. The number of aromatic hydroxyl groups is 1. The molecule has 0 aliphatic carbocycles. The number of nitrogens with zero attached hydrogens (tertiary/aromatic N) is 6. The van der Waals surface area contributed by atoms with E-state index in [9.17, 15) is 5.11 Å². The van der Waals surface area contributed by atoms with Gasteiger partial charge in [0.05, 0.1) is 23.7 Å². The summed E-state index contributed by atoms with van der Waals surface area (Å²) in [6, 6.07) is 7.42. The zero-order valence-corrected chi connectivity index (χ0v) is 14.8. The predicted molar refractivity (Wildman–Crippen MR) is 97.6 cm³/mol. The number of nitriles is 1. The van der Waals surface area contributed by atoms with E-state index in [4.69, 9.17) is 5.26 Å². The maximum Gasteiger partial charge on any atom is 0.182 e. The van der Waals surface area contributed by atoms with Gasteiger partial charge in [0.25, 0.3) is 0 Å². The number of likely N-dealkylation sites (N-methyl/N-ethyl adjacent to an activating group) is 1. The van der Waals surface area contributed by atoms with Gasteiger partial charge in [-0.25, -0.2) is 4.98 Å². The second-order valence-electron chi connectivity index (χ2n) is 6.95. The van der Waals surface area contributed by atoms with Crippen LogP contribution in [0.4, 0.5) is 0 Å². The fourth-order valence-electron chi connectivity index (χ4n) is 3.76. The monoisotopic (exact) mass is 348 g/mol. The normalized spacial score (nSPS) is 18.1. The van der Waals surface area contributed by atoms with E-state index in [-0.39, 0.29) is 5.75 Å². The molecule has 1 atom stereocenters. The first-order chi connectivity index (χ1) is 12.6. The van der Waals surface area contributed by atoms with E-state index < -0.39 is 0 Å². The van der Waals surface area contributed by atoms with Gasteiger partial charge in [0.1, 0.15) is 11.3 Å². The van der Waals surface area contributed by atoms with Crippen molar-refractivity contribution < 1.29 is 5.11 Å². The van der Waals surface area contributed by atoms with Crippen LogP contribution in [0.5, 0.6) is 5.75 Å². The quantitative estimate of drug-likeness (QED) is 0.765. The number of piperidine rings is 1. The molecular weight excluding hydrogens is 328 g/mol. The zero-order valence-electron chi connectivity index (χ0n) is 14.8. The van der Waals surface area contributed by atoms with Crippen molar-refractivity contribution in [1.82, 2.24) is 24.6 Å². The van der Waals surface area contributed by atoms with E-state index in [1.54, 1.807) is 6.07 Å². The van der Waals surface area contributed by atoms with Gasteiger partial charge in [-0.1, -0.05) is 0 Å². The molecule has 0 amide bonds. The minimum Gasteiger partial charge on any atom is -0.507 e. The molecule has 0 bridgehead atoms. The van der Waals surface area contributed by atoms with Crippen molar-refractivity contribution in [2.45, 2.75) is 25.8 Å². The molecule has 1 aliphatic heterocycles. The van der Waals surface area contributed by atoms with Crippen molar-refractivity contribution in [1.29, 1.82) is 5.26 Å². The lowest BCUT2D eigenvalue weighted by molar-refractivity contribution is 0.214. The highest BCUT2D eigenvalue weighted by molar-refractivity contribution is 5.79. The number of aryl methyl sites for hydroxylation is 1. The summed E-state index contributed by atoms with van der Waals surface area (Å²) < 4.78 is 2.10. The molecule has 0 radical (unpaired) electrons. The number of hydrogen-bond donors (Lipinski definition) is 1. The van der Waals surface area contributed by atoms with Crippen LogP contribution in [0.1, 0.15) is 30.0 Å². The molecule has 1 aromatic carbocycles. The third-order valence-electron chi connectivity index (χ3n) is 5.01. The summed E-state index contributed by atoms with van der Waals surface area (Å²) in [6.45, 7) is 3.94. The Labute approximate surface area is 151 Å². The van der Waals surface area contributed by atoms with Crippen molar-refractivity contribution in [3.8, 4) is 23.1 Å². The van der Waals surface area contributed by atoms with Gasteiger partial charge in [-0.3, -0.25) is 0 Å². The molecule has 7 nitrogen and oxygen atoms in total. The molecular formula is C19H20N6O. The van der Waals surface area contributed by atoms with Crippen molar-refractivity contribution in [3.63, 3.8) is 0 Å². The Morgan fingerprint density at radius 2 is 2.12 bits per heavy atom. The molecule has 1 N–H and O–H groups in total. The third-order valence-corrected chi connectivity index (χ3v) is 5.01. The number of phenols is 1. The standard InChI is InChI=1S/C19H20N6O/c1-12-6-13(9-20)7-17(26)18(12)15-8-16-19(23-22-15)25(11-21-16)14-4-3-5-24(2)10-14/h6-8,11,14,26H,3-5,10H2,1-2H3/t14-/m1/s1. The summed E-state index contributed by atoms with van der Waals surface area (Å²) >= 11 is 0. The highest BCUT2D eigenvalue weighted by Gasteiger charge is 2.22. The molecule has 3 aromatic rings. The van der Waals surface area contributed by atoms with Crippen molar-refractivity contribution >= 4 is 11.2 Å². The molecule has 0 unspecified atom stereocenters. The van der Waals surface area contributed by atoms with Gasteiger partial charge in [-0.15, -0.1) is 10.2 Å². The summed E-state index contributed by atoms with van der Waals surface area (Å²) in [5.74, 6) is 0.0311. The minimum atomic E-state index is 0.0311. The molecule has 4 rings (SSSR count). The fraction of sp³-hybridized carbons (Fsp3) is 0.368. The predicted octanol–water partition coefficient (Wildman–Crippen LogP) is 2.65. The molecule has 2 aromatic heterocycles. The number of hydrogen-bond acceptors (Lipinski definition) is 6. The van der Waals surface area contributed by atoms with E-state index in [1.165, 1.54) is 6.07 Å². The summed E-state index contributed by atoms with van der Waals surface area (Å²) in [7, 11) is 2.13. The second kappa shape index (κ2) is 6.39. The van der Waals surface area contributed by atoms with Gasteiger partial charge >= 0.3 is 0 Å². The smallest absolute Gasteiger partial charge is 0.182 e. The van der Waals surface area contributed by atoms with E-state index in [1.807, 2.05) is 25.4 Å². The summed E-state index contributed by atoms with van der Waals surface area (Å²) in [5, 5.41) is 28.1. The van der Waals surface area contributed by atoms with E-state index in [0.29, 0.717) is 22.9 Å². The van der Waals surface area contributed by atoms with Crippen LogP contribution in [-0.4, -0.2) is 49.9 Å². The van der Waals surface area contributed by atoms with Crippen LogP contribution < -0.4 is 0 Å². The largest absolute Gasteiger partial charge is 0.507 e. The van der Waals surface area contributed by atoms with E-state index in [0.717, 1.165) is 42.7 Å². The number of aromatic nitrogens is 4. The number of fused-ring (bicyclic) bond motifs is 1. The molecule has 1 saturated heterocycles. The first-order valence-corrected chi connectivity index (χ1v) is 8.69. The summed E-state index contributed by atoms with van der Waals surface area (Å²) in [6.07, 6.45) is 4.10. The topological polar surface area (TPSA) is 90.9 Å². The second-order valence-corrected chi connectivity index (χ2v) is 6.95. The van der Waals surface area contributed by atoms with Crippen LogP contribution in [0, 0.1) is 18.3 Å². The lowest BCUT2D eigenvalue weighted by Crippen LogP contribution is -2.33. The van der Waals surface area contributed by atoms with Crippen molar-refractivity contribution in [2.24, 2.45) is 0 Å². The summed E-state index contributed by atoms with van der Waals surface area (Å²) in [4.78, 5) is 6.83. The highest BCUT2D eigenvalue weighted by Crippen LogP contribution is 2.33. The molecule has 7 heteroatoms. The first-order valence-electron chi connectivity index (χ1n) is 8.69. The number of rotatable bonds is 2. The van der Waals surface area contributed by atoms with Crippen LogP contribution >= 0.6 is 0 Å². The molecule has 1 aliphatic rings. The average Bonchev–Trinajstić information content (AvgIpc) is 3.04. The van der Waals surface area contributed by atoms with Gasteiger partial charge in [-0.05, 0) is 57.1 Å². The molecule has 26 heavy (non-hydrogen) atoms. The lowest BCUT2D eigenvalue weighted by atomic mass is 10.0. The van der Waals surface area contributed by atoms with Crippen molar-refractivity contribution in [2.75, 3.05) is 20.1 Å². The van der Waals surface area contributed by atoms with Gasteiger partial charge in [0.2, 0.25) is 0 Å². The van der Waals surface area contributed by atoms with Crippen LogP contribution in [-0.2, 0) is 0 Å². The SMILES string of the molecule is Cc1cc(C#N)cc(O)c1-c1cc2ncn([C@@H]3CCCN(C)C3)c2nn1. The average molecular weight is 348 g/mol. The Bertz CT molecular complexity index is 996. The Balaban J connectivity index is 1.75.